The highest BCUT2D eigenvalue weighted by Crippen LogP contribution is 2.31. The van der Waals surface area contributed by atoms with Crippen molar-refractivity contribution in [2.24, 2.45) is 0 Å². The van der Waals surface area contributed by atoms with E-state index in [-0.39, 0.29) is 0 Å². The van der Waals surface area contributed by atoms with Crippen LogP contribution in [0.15, 0.2) is 18.2 Å². The summed E-state index contributed by atoms with van der Waals surface area (Å²) in [4.78, 5) is 0. The van der Waals surface area contributed by atoms with Crippen molar-refractivity contribution in [2.45, 2.75) is 0 Å². The van der Waals surface area contributed by atoms with E-state index in [0.717, 1.165) is 0 Å². The molecule has 3 nitrogen and oxygen atoms in total. The Balaban J connectivity index is 2.71. The Bertz CT molecular complexity index is 281. The summed E-state index contributed by atoms with van der Waals surface area (Å²) in [6.07, 6.45) is 0. The van der Waals surface area contributed by atoms with Gasteiger partial charge in [0.25, 0.3) is 0 Å². The lowest BCUT2D eigenvalue weighted by atomic mass is 10.3. The summed E-state index contributed by atoms with van der Waals surface area (Å²) in [6.45, 7) is 0.843. The minimum Gasteiger partial charge on any atom is -0.490 e. The molecule has 0 aliphatic heterocycles. The maximum atomic E-state index is 5.83. The first-order chi connectivity index (χ1) is 7.29. The van der Waals surface area contributed by atoms with E-state index in [4.69, 9.17) is 38.4 Å². The third kappa shape index (κ3) is 3.68. The maximum absolute atomic E-state index is 5.83. The second kappa shape index (κ2) is 6.64. The monoisotopic (exact) mass is 249 g/mol. The van der Waals surface area contributed by atoms with Crippen molar-refractivity contribution in [3.63, 3.8) is 0 Å². The molecule has 1 aromatic rings. The fraction of sp³-hybridized carbons (Fsp3) is 0.400. The average Bonchev–Trinajstić information content (AvgIpc) is 2.26. The third-order valence-electron chi connectivity index (χ3n) is 1.70. The first kappa shape index (κ1) is 12.3. The molecule has 0 fully saturated rings. The number of para-hydroxylation sites is 1. The summed E-state index contributed by atoms with van der Waals surface area (Å²) in [6, 6.07) is 5.36. The fourth-order valence-electron chi connectivity index (χ4n) is 1.07. The fourth-order valence-corrected chi connectivity index (χ4v) is 1.23. The predicted molar refractivity (Wildman–Crippen MR) is 63.3 cm³/mol. The molecule has 2 N–H and O–H groups in total. The zero-order valence-corrected chi connectivity index (χ0v) is 9.72. The van der Waals surface area contributed by atoms with Crippen molar-refractivity contribution in [3.05, 3.63) is 18.2 Å². The van der Waals surface area contributed by atoms with E-state index < -0.39 is 0 Å². The normalized spacial score (nSPS) is 10.0. The molecular weight excluding hydrogens is 237 g/mol. The topological polar surface area (TPSA) is 44.5 Å². The zero-order chi connectivity index (χ0) is 11.1. The first-order valence-corrected chi connectivity index (χ1v) is 5.62. The summed E-state index contributed by atoms with van der Waals surface area (Å²) >= 11 is 11.0. The van der Waals surface area contributed by atoms with E-state index >= 15 is 0 Å². The van der Waals surface area contributed by atoms with Gasteiger partial charge in [0.05, 0.1) is 11.8 Å². The Hall–Kier alpha value is -0.800. The summed E-state index contributed by atoms with van der Waals surface area (Å²) in [5, 5.41) is 0. The number of benzene rings is 1. The molecule has 0 bridgehead atoms. The Morgan fingerprint density at radius 2 is 1.47 bits per heavy atom. The average molecular weight is 250 g/mol. The number of anilines is 1. The van der Waals surface area contributed by atoms with Gasteiger partial charge in [0, 0.05) is 0 Å². The van der Waals surface area contributed by atoms with E-state index in [1.165, 1.54) is 0 Å². The minimum atomic E-state index is 0.421. The van der Waals surface area contributed by atoms with Crippen LogP contribution in [0.1, 0.15) is 0 Å². The Labute approximate surface area is 99.1 Å². The SMILES string of the molecule is Nc1c(OCCCl)cccc1OCCCl. The van der Waals surface area contributed by atoms with Gasteiger partial charge in [-0.3, -0.25) is 0 Å². The van der Waals surface area contributed by atoms with Crippen molar-refractivity contribution in [3.8, 4) is 11.5 Å². The standard InChI is InChI=1S/C10H13Cl2NO2/c11-4-6-14-8-2-1-3-9(10(8)13)15-7-5-12/h1-3H,4-7,13H2. The molecular formula is C10H13Cl2NO2. The molecule has 1 rings (SSSR count). The Morgan fingerprint density at radius 3 is 1.87 bits per heavy atom. The Kier molecular flexibility index (Phi) is 5.43. The predicted octanol–water partition coefficient (Wildman–Crippen LogP) is 2.50. The van der Waals surface area contributed by atoms with Crippen LogP contribution in [0.5, 0.6) is 11.5 Å². The molecule has 0 unspecified atom stereocenters. The summed E-state index contributed by atoms with van der Waals surface area (Å²) in [5.74, 6) is 2.02. The number of alkyl halides is 2. The quantitative estimate of drug-likeness (QED) is 0.623. The highest BCUT2D eigenvalue weighted by molar-refractivity contribution is 6.18. The molecule has 1 aromatic carbocycles. The maximum Gasteiger partial charge on any atom is 0.146 e. The smallest absolute Gasteiger partial charge is 0.146 e. The van der Waals surface area contributed by atoms with E-state index in [2.05, 4.69) is 0 Å². The first-order valence-electron chi connectivity index (χ1n) is 4.55. The van der Waals surface area contributed by atoms with Crippen LogP contribution in [0.2, 0.25) is 0 Å². The van der Waals surface area contributed by atoms with Crippen molar-refractivity contribution in [1.29, 1.82) is 0 Å². The third-order valence-corrected chi connectivity index (χ3v) is 2.00. The van der Waals surface area contributed by atoms with Crippen LogP contribution in [-0.2, 0) is 0 Å². The number of hydrogen-bond acceptors (Lipinski definition) is 3. The van der Waals surface area contributed by atoms with Crippen LogP contribution in [0.25, 0.3) is 0 Å². The van der Waals surface area contributed by atoms with Crippen LogP contribution in [-0.4, -0.2) is 25.0 Å². The van der Waals surface area contributed by atoms with Crippen molar-refractivity contribution >= 4 is 28.9 Å². The molecule has 0 aromatic heterocycles. The molecule has 15 heavy (non-hydrogen) atoms. The van der Waals surface area contributed by atoms with Crippen LogP contribution in [0.4, 0.5) is 5.69 Å². The second-order valence-electron chi connectivity index (χ2n) is 2.74. The van der Waals surface area contributed by atoms with Gasteiger partial charge in [-0.15, -0.1) is 23.2 Å². The molecule has 0 atom stereocenters. The van der Waals surface area contributed by atoms with Gasteiger partial charge in [-0.25, -0.2) is 0 Å². The van der Waals surface area contributed by atoms with E-state index in [0.29, 0.717) is 42.2 Å². The van der Waals surface area contributed by atoms with Crippen molar-refractivity contribution in [2.75, 3.05) is 30.7 Å². The molecule has 0 heterocycles. The van der Waals surface area contributed by atoms with Crippen LogP contribution >= 0.6 is 23.2 Å². The van der Waals surface area contributed by atoms with Crippen molar-refractivity contribution in [1.82, 2.24) is 0 Å². The van der Waals surface area contributed by atoms with Gasteiger partial charge < -0.3 is 15.2 Å². The van der Waals surface area contributed by atoms with Gasteiger partial charge in [0.15, 0.2) is 0 Å². The van der Waals surface area contributed by atoms with Gasteiger partial charge in [0.2, 0.25) is 0 Å². The highest BCUT2D eigenvalue weighted by atomic mass is 35.5. The van der Waals surface area contributed by atoms with E-state index in [9.17, 15) is 0 Å². The molecule has 0 aliphatic rings. The van der Waals surface area contributed by atoms with Gasteiger partial charge in [-0.2, -0.15) is 0 Å². The number of rotatable bonds is 6. The van der Waals surface area contributed by atoms with Crippen LogP contribution in [0.3, 0.4) is 0 Å². The molecule has 0 amide bonds. The van der Waals surface area contributed by atoms with Gasteiger partial charge >= 0.3 is 0 Å². The zero-order valence-electron chi connectivity index (χ0n) is 8.21. The largest absolute Gasteiger partial charge is 0.490 e. The van der Waals surface area contributed by atoms with Gasteiger partial charge in [-0.05, 0) is 12.1 Å². The molecule has 84 valence electrons. The van der Waals surface area contributed by atoms with E-state index in [1.54, 1.807) is 12.1 Å². The molecule has 5 heteroatoms. The van der Waals surface area contributed by atoms with Crippen molar-refractivity contribution < 1.29 is 9.47 Å². The number of nitrogens with two attached hydrogens (primary N) is 1. The molecule has 0 saturated carbocycles. The summed E-state index contributed by atoms with van der Waals surface area (Å²) in [7, 11) is 0. The minimum absolute atomic E-state index is 0.421. The molecule has 0 aliphatic carbocycles. The highest BCUT2D eigenvalue weighted by Gasteiger charge is 2.06. The van der Waals surface area contributed by atoms with Crippen LogP contribution in [0, 0.1) is 0 Å². The summed E-state index contributed by atoms with van der Waals surface area (Å²) in [5.41, 5.74) is 6.31. The summed E-state index contributed by atoms with van der Waals surface area (Å²) < 4.78 is 10.7. The van der Waals surface area contributed by atoms with E-state index in [1.807, 2.05) is 6.07 Å². The van der Waals surface area contributed by atoms with Crippen LogP contribution < -0.4 is 15.2 Å². The second-order valence-corrected chi connectivity index (χ2v) is 3.50. The molecule has 0 radical (unpaired) electrons. The Morgan fingerprint density at radius 1 is 1.00 bits per heavy atom. The lowest BCUT2D eigenvalue weighted by Crippen LogP contribution is -2.05. The molecule has 0 spiro atoms. The van der Waals surface area contributed by atoms with Gasteiger partial charge in [0.1, 0.15) is 30.4 Å². The number of ether oxygens (including phenoxy) is 2. The lowest BCUT2D eigenvalue weighted by molar-refractivity contribution is 0.329. The number of halogens is 2. The molecule has 0 saturated heterocycles. The van der Waals surface area contributed by atoms with Gasteiger partial charge in [-0.1, -0.05) is 6.07 Å². The lowest BCUT2D eigenvalue weighted by Gasteiger charge is -2.11. The number of nitrogen functional groups attached to an aromatic ring is 1. The number of hydrogen-bond donors (Lipinski definition) is 1.